The van der Waals surface area contributed by atoms with Gasteiger partial charge in [-0.15, -0.1) is 0 Å². The Labute approximate surface area is 153 Å². The Morgan fingerprint density at radius 2 is 1.88 bits per heavy atom. The molecule has 122 valence electrons. The number of carbonyl (C=O) groups excluding carboxylic acids is 1. The molecule has 2 aromatic carbocycles. The van der Waals surface area contributed by atoms with Crippen molar-refractivity contribution in [1.82, 2.24) is 9.55 Å². The standard InChI is InChI=1S/C19H13BrN4O/c20-14-5-7-15(8-6-14)24-11-22-18-16(9-17(25)23-19(18)24)13-3-1-12(10-21)2-4-13/h1-8,11,16H,9H2,(H,23,25). The van der Waals surface area contributed by atoms with Gasteiger partial charge >= 0.3 is 0 Å². The maximum atomic E-state index is 12.3. The van der Waals surface area contributed by atoms with Gasteiger partial charge in [0.05, 0.1) is 17.3 Å². The summed E-state index contributed by atoms with van der Waals surface area (Å²) in [6.07, 6.45) is 2.08. The lowest BCUT2D eigenvalue weighted by molar-refractivity contribution is -0.116. The van der Waals surface area contributed by atoms with Crippen LogP contribution >= 0.6 is 15.9 Å². The number of rotatable bonds is 2. The molecule has 4 rings (SSSR count). The maximum absolute atomic E-state index is 12.3. The third-order valence-corrected chi connectivity index (χ3v) is 4.85. The van der Waals surface area contributed by atoms with Crippen molar-refractivity contribution in [2.75, 3.05) is 5.32 Å². The van der Waals surface area contributed by atoms with E-state index in [1.807, 2.05) is 41.0 Å². The summed E-state index contributed by atoms with van der Waals surface area (Å²) >= 11 is 3.43. The van der Waals surface area contributed by atoms with E-state index in [1.54, 1.807) is 18.5 Å². The van der Waals surface area contributed by atoms with Crippen LogP contribution in [0.4, 0.5) is 5.82 Å². The number of imidazole rings is 1. The molecule has 0 saturated heterocycles. The molecular formula is C19H13BrN4O. The number of hydrogen-bond donors (Lipinski definition) is 1. The van der Waals surface area contributed by atoms with Crippen molar-refractivity contribution in [2.45, 2.75) is 12.3 Å². The molecule has 1 amide bonds. The molecule has 0 radical (unpaired) electrons. The molecule has 5 nitrogen and oxygen atoms in total. The van der Waals surface area contributed by atoms with Gasteiger partial charge in [0.15, 0.2) is 0 Å². The Balaban J connectivity index is 1.78. The summed E-state index contributed by atoms with van der Waals surface area (Å²) in [4.78, 5) is 16.8. The lowest BCUT2D eigenvalue weighted by atomic mass is 9.89. The predicted octanol–water partition coefficient (Wildman–Crippen LogP) is 3.98. The first-order valence-corrected chi connectivity index (χ1v) is 8.58. The normalized spacial score (nSPS) is 16.0. The zero-order valence-corrected chi connectivity index (χ0v) is 14.7. The van der Waals surface area contributed by atoms with Crippen molar-refractivity contribution in [1.29, 1.82) is 5.26 Å². The van der Waals surface area contributed by atoms with Crippen molar-refractivity contribution < 1.29 is 4.79 Å². The molecule has 25 heavy (non-hydrogen) atoms. The number of hydrogen-bond acceptors (Lipinski definition) is 3. The number of aromatic nitrogens is 2. The second kappa shape index (κ2) is 6.19. The van der Waals surface area contributed by atoms with E-state index in [-0.39, 0.29) is 11.8 Å². The first-order chi connectivity index (χ1) is 12.2. The van der Waals surface area contributed by atoms with Crippen molar-refractivity contribution in [2.24, 2.45) is 0 Å². The molecule has 1 aliphatic heterocycles. The number of nitrogens with one attached hydrogen (secondary N) is 1. The smallest absolute Gasteiger partial charge is 0.226 e. The summed E-state index contributed by atoms with van der Waals surface area (Å²) in [7, 11) is 0. The lowest BCUT2D eigenvalue weighted by Gasteiger charge is -2.23. The molecule has 0 bridgehead atoms. The van der Waals surface area contributed by atoms with Gasteiger partial charge in [-0.2, -0.15) is 5.26 Å². The molecule has 3 aromatic rings. The fraction of sp³-hybridized carbons (Fsp3) is 0.105. The van der Waals surface area contributed by atoms with Crippen LogP contribution in [0.2, 0.25) is 0 Å². The summed E-state index contributed by atoms with van der Waals surface area (Å²) in [5.41, 5.74) is 3.35. The Bertz CT molecular complexity index is 984. The van der Waals surface area contributed by atoms with E-state index < -0.39 is 0 Å². The minimum atomic E-state index is -0.117. The highest BCUT2D eigenvalue weighted by Crippen LogP contribution is 2.37. The summed E-state index contributed by atoms with van der Waals surface area (Å²) in [6.45, 7) is 0. The lowest BCUT2D eigenvalue weighted by Crippen LogP contribution is -2.24. The van der Waals surface area contributed by atoms with E-state index in [4.69, 9.17) is 5.26 Å². The van der Waals surface area contributed by atoms with E-state index in [0.29, 0.717) is 17.8 Å². The monoisotopic (exact) mass is 392 g/mol. The minimum Gasteiger partial charge on any atom is -0.310 e. The van der Waals surface area contributed by atoms with Crippen molar-refractivity contribution in [3.05, 3.63) is 76.2 Å². The Morgan fingerprint density at radius 1 is 1.16 bits per heavy atom. The number of anilines is 1. The molecular weight excluding hydrogens is 380 g/mol. The summed E-state index contributed by atoms with van der Waals surface area (Å²) < 4.78 is 2.87. The van der Waals surface area contributed by atoms with Gasteiger partial charge in [-0.3, -0.25) is 9.36 Å². The first kappa shape index (κ1) is 15.6. The number of benzene rings is 2. The van der Waals surface area contributed by atoms with E-state index in [2.05, 4.69) is 32.3 Å². The number of fused-ring (bicyclic) bond motifs is 1. The number of nitriles is 1. The molecule has 1 N–H and O–H groups in total. The van der Waals surface area contributed by atoms with Crippen molar-refractivity contribution >= 4 is 27.7 Å². The van der Waals surface area contributed by atoms with E-state index in [0.717, 1.165) is 21.4 Å². The highest BCUT2D eigenvalue weighted by atomic mass is 79.9. The van der Waals surface area contributed by atoms with Crippen LogP contribution in [0, 0.1) is 11.3 Å². The van der Waals surface area contributed by atoms with Gasteiger partial charge in [-0.05, 0) is 42.0 Å². The number of nitrogens with zero attached hydrogens (tertiary/aromatic N) is 3. The molecule has 1 atom stereocenters. The zero-order chi connectivity index (χ0) is 17.4. The predicted molar refractivity (Wildman–Crippen MR) is 97.5 cm³/mol. The van der Waals surface area contributed by atoms with Crippen LogP contribution in [-0.2, 0) is 4.79 Å². The SMILES string of the molecule is N#Cc1ccc(C2CC(=O)Nc3c2ncn3-c2ccc(Br)cc2)cc1. The molecule has 1 aliphatic rings. The number of halogens is 1. The fourth-order valence-electron chi connectivity index (χ4n) is 3.07. The molecule has 1 unspecified atom stereocenters. The molecule has 6 heteroatoms. The molecule has 0 saturated carbocycles. The topological polar surface area (TPSA) is 70.7 Å². The molecule has 2 heterocycles. The number of amides is 1. The van der Waals surface area contributed by atoms with Crippen LogP contribution in [0.1, 0.15) is 29.2 Å². The van der Waals surface area contributed by atoms with Gasteiger partial charge < -0.3 is 5.32 Å². The average molecular weight is 393 g/mol. The quantitative estimate of drug-likeness (QED) is 0.716. The third-order valence-electron chi connectivity index (χ3n) is 4.32. The van der Waals surface area contributed by atoms with Crippen molar-refractivity contribution in [3.8, 4) is 11.8 Å². The highest BCUT2D eigenvalue weighted by molar-refractivity contribution is 9.10. The van der Waals surface area contributed by atoms with Gasteiger partial charge in [0.2, 0.25) is 5.91 Å². The molecule has 1 aromatic heterocycles. The third kappa shape index (κ3) is 2.83. The molecule has 0 fully saturated rings. The van der Waals surface area contributed by atoms with Crippen molar-refractivity contribution in [3.63, 3.8) is 0 Å². The number of carbonyl (C=O) groups is 1. The zero-order valence-electron chi connectivity index (χ0n) is 13.1. The molecule has 0 spiro atoms. The highest BCUT2D eigenvalue weighted by Gasteiger charge is 2.30. The van der Waals surface area contributed by atoms with Crippen LogP contribution in [0.5, 0.6) is 0 Å². The van der Waals surface area contributed by atoms with Gasteiger partial charge in [-0.25, -0.2) is 4.98 Å². The van der Waals surface area contributed by atoms with E-state index in [1.165, 1.54) is 0 Å². The van der Waals surface area contributed by atoms with Crippen LogP contribution < -0.4 is 5.32 Å². The minimum absolute atomic E-state index is 0.0410. The maximum Gasteiger partial charge on any atom is 0.226 e. The van der Waals surface area contributed by atoms with Gasteiger partial charge in [0.1, 0.15) is 12.1 Å². The summed E-state index contributed by atoms with van der Waals surface area (Å²) in [5, 5.41) is 11.9. The van der Waals surface area contributed by atoms with Crippen LogP contribution in [0.3, 0.4) is 0 Å². The average Bonchev–Trinajstić information content (AvgIpc) is 3.05. The van der Waals surface area contributed by atoms with E-state index in [9.17, 15) is 4.79 Å². The summed E-state index contributed by atoms with van der Waals surface area (Å²) in [5.74, 6) is 0.543. The Hall–Kier alpha value is -2.91. The fourth-order valence-corrected chi connectivity index (χ4v) is 3.33. The van der Waals surface area contributed by atoms with Gasteiger partial charge in [0, 0.05) is 22.5 Å². The van der Waals surface area contributed by atoms with Crippen LogP contribution in [0.15, 0.2) is 59.3 Å². The summed E-state index contributed by atoms with van der Waals surface area (Å²) in [6, 6.07) is 17.3. The van der Waals surface area contributed by atoms with Gasteiger partial charge in [-0.1, -0.05) is 28.1 Å². The van der Waals surface area contributed by atoms with Crippen LogP contribution in [0.25, 0.3) is 5.69 Å². The van der Waals surface area contributed by atoms with Crippen LogP contribution in [-0.4, -0.2) is 15.5 Å². The second-order valence-corrected chi connectivity index (χ2v) is 6.78. The Morgan fingerprint density at radius 3 is 2.56 bits per heavy atom. The first-order valence-electron chi connectivity index (χ1n) is 7.79. The van der Waals surface area contributed by atoms with E-state index >= 15 is 0 Å². The largest absolute Gasteiger partial charge is 0.310 e. The van der Waals surface area contributed by atoms with Gasteiger partial charge in [0.25, 0.3) is 0 Å². The Kier molecular flexibility index (Phi) is 3.86. The second-order valence-electron chi connectivity index (χ2n) is 5.86. The molecule has 0 aliphatic carbocycles.